The Balaban J connectivity index is 1.68. The normalized spacial score (nSPS) is 15.1. The van der Waals surface area contributed by atoms with Gasteiger partial charge in [0.15, 0.2) is 11.5 Å². The molecule has 2 aromatic heterocycles. The van der Waals surface area contributed by atoms with Crippen LogP contribution in [-0.4, -0.2) is 39.6 Å². The monoisotopic (exact) mass is 337 g/mol. The number of rotatable bonds is 3. The molecule has 0 saturated carbocycles. The Morgan fingerprint density at radius 2 is 2.08 bits per heavy atom. The van der Waals surface area contributed by atoms with Crippen LogP contribution in [-0.2, 0) is 10.2 Å². The van der Waals surface area contributed by atoms with E-state index in [0.29, 0.717) is 11.6 Å². The smallest absolute Gasteiger partial charge is 0.247 e. The van der Waals surface area contributed by atoms with E-state index in [1.54, 1.807) is 16.9 Å². The molecule has 0 radical (unpaired) electrons. The topological polar surface area (TPSA) is 87.5 Å². The Hall–Kier alpha value is -3.16. The van der Waals surface area contributed by atoms with Crippen molar-refractivity contribution in [2.45, 2.75) is 19.3 Å². The summed E-state index contributed by atoms with van der Waals surface area (Å²) in [6.45, 7) is 3.83. The minimum absolute atomic E-state index is 0.00667. The number of carbonyl (C=O) groups excluding carboxylic acids is 1. The van der Waals surface area contributed by atoms with Crippen LogP contribution in [0.25, 0.3) is 5.65 Å². The summed E-state index contributed by atoms with van der Waals surface area (Å²) in [5.41, 5.74) is 2.78. The molecule has 0 aliphatic carbocycles. The quantitative estimate of drug-likeness (QED) is 0.761. The van der Waals surface area contributed by atoms with Crippen molar-refractivity contribution in [2.24, 2.45) is 0 Å². The van der Waals surface area contributed by atoms with Gasteiger partial charge < -0.3 is 15.5 Å². The van der Waals surface area contributed by atoms with E-state index in [9.17, 15) is 4.79 Å². The summed E-state index contributed by atoms with van der Waals surface area (Å²) in [5, 5.41) is 10.5. The van der Waals surface area contributed by atoms with Gasteiger partial charge >= 0.3 is 0 Å². The van der Waals surface area contributed by atoms with Crippen LogP contribution in [0.3, 0.4) is 0 Å². The van der Waals surface area contributed by atoms with E-state index in [2.05, 4.69) is 25.7 Å². The summed E-state index contributed by atoms with van der Waals surface area (Å²) in [5.74, 6) is 1.22. The highest BCUT2D eigenvalue weighted by Crippen LogP contribution is 2.38. The van der Waals surface area contributed by atoms with Crippen LogP contribution in [0.2, 0.25) is 0 Å². The van der Waals surface area contributed by atoms with Crippen molar-refractivity contribution in [1.29, 1.82) is 0 Å². The Morgan fingerprint density at radius 3 is 2.84 bits per heavy atom. The lowest BCUT2D eigenvalue weighted by atomic mass is 9.86. The molecule has 8 nitrogen and oxygen atoms in total. The summed E-state index contributed by atoms with van der Waals surface area (Å²) in [6.07, 6.45) is 3.44. The number of carbonyl (C=O) groups is 1. The van der Waals surface area contributed by atoms with Crippen LogP contribution in [0.1, 0.15) is 19.4 Å². The lowest BCUT2D eigenvalue weighted by Crippen LogP contribution is -2.26. The number of hydrogen-bond donors (Lipinski definition) is 2. The molecule has 1 aliphatic heterocycles. The predicted molar refractivity (Wildman–Crippen MR) is 96.5 cm³/mol. The highest BCUT2D eigenvalue weighted by Gasteiger charge is 2.38. The summed E-state index contributed by atoms with van der Waals surface area (Å²) < 4.78 is 1.68. The van der Waals surface area contributed by atoms with E-state index in [4.69, 9.17) is 0 Å². The molecular formula is C17H19N7O. The van der Waals surface area contributed by atoms with Gasteiger partial charge in [-0.15, -0.1) is 5.10 Å². The second kappa shape index (κ2) is 5.17. The van der Waals surface area contributed by atoms with Crippen molar-refractivity contribution < 1.29 is 4.79 Å². The Bertz CT molecular complexity index is 990. The fourth-order valence-electron chi connectivity index (χ4n) is 2.97. The van der Waals surface area contributed by atoms with Crippen molar-refractivity contribution in [3.63, 3.8) is 0 Å². The maximum absolute atomic E-state index is 12.1. The van der Waals surface area contributed by atoms with Crippen LogP contribution in [0, 0.1) is 0 Å². The number of anilines is 4. The van der Waals surface area contributed by atoms with E-state index in [0.717, 1.165) is 22.8 Å². The highest BCUT2D eigenvalue weighted by molar-refractivity contribution is 6.06. The fourth-order valence-corrected chi connectivity index (χ4v) is 2.97. The van der Waals surface area contributed by atoms with Crippen LogP contribution in [0.4, 0.5) is 23.1 Å². The lowest BCUT2D eigenvalue weighted by Gasteiger charge is -2.14. The third kappa shape index (κ3) is 2.37. The van der Waals surface area contributed by atoms with Crippen molar-refractivity contribution in [1.82, 2.24) is 19.6 Å². The molecule has 1 amide bonds. The van der Waals surface area contributed by atoms with Gasteiger partial charge in [-0.05, 0) is 31.5 Å². The maximum Gasteiger partial charge on any atom is 0.247 e. The fraction of sp³-hybridized carbons (Fsp3) is 0.294. The highest BCUT2D eigenvalue weighted by atomic mass is 16.2. The number of aromatic nitrogens is 4. The second-order valence-electron chi connectivity index (χ2n) is 6.81. The van der Waals surface area contributed by atoms with E-state index in [-0.39, 0.29) is 5.91 Å². The molecule has 128 valence electrons. The zero-order valence-corrected chi connectivity index (χ0v) is 14.5. The maximum atomic E-state index is 12.1. The Morgan fingerprint density at radius 1 is 1.28 bits per heavy atom. The largest absolute Gasteiger partial charge is 0.360 e. The van der Waals surface area contributed by atoms with Crippen LogP contribution in [0.5, 0.6) is 0 Å². The van der Waals surface area contributed by atoms with E-state index < -0.39 is 5.41 Å². The van der Waals surface area contributed by atoms with Crippen LogP contribution < -0.4 is 15.5 Å². The first kappa shape index (κ1) is 15.4. The zero-order chi connectivity index (χ0) is 17.8. The molecular weight excluding hydrogens is 318 g/mol. The molecule has 0 spiro atoms. The standard InChI is InChI=1S/C17H19N7O/c1-17(2)11-6-5-10(9-12(11)20-15(17)25)19-16-21-14-13(23(3)4)18-7-8-24(14)22-16/h5-9H,1-4H3,(H,19,22)(H,20,25). The van der Waals surface area contributed by atoms with Gasteiger partial charge in [0, 0.05) is 37.9 Å². The molecule has 0 saturated heterocycles. The number of amides is 1. The van der Waals surface area contributed by atoms with Crippen molar-refractivity contribution in [3.8, 4) is 0 Å². The number of nitrogens with one attached hydrogen (secondary N) is 2. The molecule has 0 atom stereocenters. The molecule has 1 aliphatic rings. The van der Waals surface area contributed by atoms with Gasteiger partial charge in [-0.25, -0.2) is 9.50 Å². The summed E-state index contributed by atoms with van der Waals surface area (Å²) in [7, 11) is 3.82. The van der Waals surface area contributed by atoms with E-state index in [1.165, 1.54) is 0 Å². The third-order valence-corrected chi connectivity index (χ3v) is 4.42. The SMILES string of the molecule is CN(C)c1nccn2nc(Nc3ccc4c(c3)NC(=O)C4(C)C)nc12. The molecule has 1 aromatic carbocycles. The average molecular weight is 337 g/mol. The van der Waals surface area contributed by atoms with Gasteiger partial charge in [0.05, 0.1) is 5.41 Å². The van der Waals surface area contributed by atoms with Crippen LogP contribution >= 0.6 is 0 Å². The first-order valence-electron chi connectivity index (χ1n) is 7.98. The minimum atomic E-state index is -0.512. The second-order valence-corrected chi connectivity index (χ2v) is 6.81. The Labute approximate surface area is 144 Å². The first-order valence-corrected chi connectivity index (χ1v) is 7.98. The number of nitrogens with zero attached hydrogens (tertiary/aromatic N) is 5. The minimum Gasteiger partial charge on any atom is -0.360 e. The number of hydrogen-bond acceptors (Lipinski definition) is 6. The number of fused-ring (bicyclic) bond motifs is 2. The lowest BCUT2D eigenvalue weighted by molar-refractivity contribution is -0.119. The van der Waals surface area contributed by atoms with Crippen molar-refractivity contribution >= 4 is 34.7 Å². The molecule has 4 rings (SSSR count). The van der Waals surface area contributed by atoms with Gasteiger partial charge in [-0.1, -0.05) is 6.07 Å². The summed E-state index contributed by atoms with van der Waals surface area (Å²) in [6, 6.07) is 5.79. The third-order valence-electron chi connectivity index (χ3n) is 4.42. The average Bonchev–Trinajstić information content (AvgIpc) is 3.05. The molecule has 25 heavy (non-hydrogen) atoms. The van der Waals surface area contributed by atoms with Crippen molar-refractivity contribution in [3.05, 3.63) is 36.2 Å². The van der Waals surface area contributed by atoms with Gasteiger partial charge in [-0.3, -0.25) is 4.79 Å². The molecule has 0 unspecified atom stereocenters. The van der Waals surface area contributed by atoms with E-state index in [1.807, 2.05) is 51.0 Å². The van der Waals surface area contributed by atoms with E-state index >= 15 is 0 Å². The molecule has 8 heteroatoms. The van der Waals surface area contributed by atoms with Gasteiger partial charge in [0.2, 0.25) is 11.9 Å². The van der Waals surface area contributed by atoms with Crippen LogP contribution in [0.15, 0.2) is 30.6 Å². The van der Waals surface area contributed by atoms with Gasteiger partial charge in [-0.2, -0.15) is 4.98 Å². The van der Waals surface area contributed by atoms with Gasteiger partial charge in [0.1, 0.15) is 0 Å². The molecule has 3 aromatic rings. The molecule has 0 fully saturated rings. The summed E-state index contributed by atoms with van der Waals surface area (Å²) >= 11 is 0. The number of benzene rings is 1. The van der Waals surface area contributed by atoms with Gasteiger partial charge in [0.25, 0.3) is 0 Å². The first-order chi connectivity index (χ1) is 11.9. The molecule has 0 bridgehead atoms. The molecule has 3 heterocycles. The zero-order valence-electron chi connectivity index (χ0n) is 14.5. The van der Waals surface area contributed by atoms with Crippen molar-refractivity contribution in [2.75, 3.05) is 29.6 Å². The predicted octanol–water partition coefficient (Wildman–Crippen LogP) is 2.16. The molecule has 2 N–H and O–H groups in total. The Kier molecular flexibility index (Phi) is 3.18. The summed E-state index contributed by atoms with van der Waals surface area (Å²) in [4.78, 5) is 22.8.